The van der Waals surface area contributed by atoms with Gasteiger partial charge in [-0.3, -0.25) is 9.78 Å². The largest absolute Gasteiger partial charge is 0.493 e. The number of benzene rings is 1. The summed E-state index contributed by atoms with van der Waals surface area (Å²) in [6, 6.07) is 12.9. The first-order valence-electron chi connectivity index (χ1n) is 10.7. The van der Waals surface area contributed by atoms with Gasteiger partial charge in [-0.2, -0.15) is 0 Å². The van der Waals surface area contributed by atoms with Crippen LogP contribution in [0.3, 0.4) is 0 Å². The maximum Gasteiger partial charge on any atom is 0.306 e. The molecular weight excluding hydrogens is 396 g/mol. The second-order valence-corrected chi connectivity index (χ2v) is 9.21. The van der Waals surface area contributed by atoms with Gasteiger partial charge in [-0.05, 0) is 43.0 Å². The number of pyridine rings is 1. The highest BCUT2D eigenvalue weighted by Crippen LogP contribution is 2.19. The SMILES string of the molecule is CC(C)CC(=O)OC(C)c1ccc(CCOc2ccc(CC3CSCN3)cc2)nc1. The number of nitrogens with zero attached hydrogens (tertiary/aromatic N) is 1. The number of thioether (sulfide) groups is 1. The van der Waals surface area contributed by atoms with Crippen LogP contribution in [0, 0.1) is 5.92 Å². The lowest BCUT2D eigenvalue weighted by Crippen LogP contribution is -2.25. The lowest BCUT2D eigenvalue weighted by atomic mass is 10.1. The van der Waals surface area contributed by atoms with Gasteiger partial charge < -0.3 is 14.8 Å². The first kappa shape index (κ1) is 22.6. The van der Waals surface area contributed by atoms with Crippen LogP contribution in [0.5, 0.6) is 5.75 Å². The van der Waals surface area contributed by atoms with E-state index >= 15 is 0 Å². The van der Waals surface area contributed by atoms with E-state index in [9.17, 15) is 4.79 Å². The van der Waals surface area contributed by atoms with Crippen LogP contribution in [0.2, 0.25) is 0 Å². The first-order chi connectivity index (χ1) is 14.5. The number of hydrogen-bond acceptors (Lipinski definition) is 6. The van der Waals surface area contributed by atoms with E-state index in [0.717, 1.165) is 35.7 Å². The lowest BCUT2D eigenvalue weighted by molar-refractivity contribution is -0.149. The fourth-order valence-corrected chi connectivity index (χ4v) is 4.31. The van der Waals surface area contributed by atoms with E-state index in [1.54, 1.807) is 6.20 Å². The van der Waals surface area contributed by atoms with E-state index in [1.807, 2.05) is 56.8 Å². The summed E-state index contributed by atoms with van der Waals surface area (Å²) in [5.74, 6) is 3.26. The molecule has 1 aliphatic heterocycles. The molecule has 2 atom stereocenters. The molecule has 0 aliphatic carbocycles. The number of rotatable bonds is 10. The molecule has 1 aromatic heterocycles. The number of carbonyl (C=O) groups excluding carboxylic acids is 1. The average Bonchev–Trinajstić information content (AvgIpc) is 3.22. The molecule has 0 radical (unpaired) electrons. The van der Waals surface area contributed by atoms with Gasteiger partial charge in [0.1, 0.15) is 11.9 Å². The highest BCUT2D eigenvalue weighted by molar-refractivity contribution is 7.99. The van der Waals surface area contributed by atoms with Crippen molar-refractivity contribution in [3.8, 4) is 5.75 Å². The van der Waals surface area contributed by atoms with Crippen LogP contribution in [0.15, 0.2) is 42.6 Å². The molecule has 1 aliphatic rings. The smallest absolute Gasteiger partial charge is 0.306 e. The van der Waals surface area contributed by atoms with Crippen molar-refractivity contribution in [2.45, 2.75) is 52.2 Å². The van der Waals surface area contributed by atoms with Crippen molar-refractivity contribution >= 4 is 17.7 Å². The van der Waals surface area contributed by atoms with E-state index in [0.29, 0.717) is 25.0 Å². The fraction of sp³-hybridized carbons (Fsp3) is 0.500. The van der Waals surface area contributed by atoms with Crippen molar-refractivity contribution in [2.24, 2.45) is 5.92 Å². The zero-order chi connectivity index (χ0) is 21.3. The number of esters is 1. The topological polar surface area (TPSA) is 60.5 Å². The van der Waals surface area contributed by atoms with Crippen LogP contribution in [-0.4, -0.2) is 35.2 Å². The summed E-state index contributed by atoms with van der Waals surface area (Å²) in [6.07, 6.45) is 3.73. The summed E-state index contributed by atoms with van der Waals surface area (Å²) in [5.41, 5.74) is 3.20. The summed E-state index contributed by atoms with van der Waals surface area (Å²) in [6.45, 7) is 6.46. The van der Waals surface area contributed by atoms with Crippen LogP contribution in [0.1, 0.15) is 50.1 Å². The van der Waals surface area contributed by atoms with E-state index in [2.05, 4.69) is 22.4 Å². The summed E-state index contributed by atoms with van der Waals surface area (Å²) < 4.78 is 11.3. The molecule has 0 amide bonds. The number of aromatic nitrogens is 1. The second kappa shape index (κ2) is 11.4. The van der Waals surface area contributed by atoms with Crippen LogP contribution in [0.25, 0.3) is 0 Å². The maximum atomic E-state index is 11.8. The summed E-state index contributed by atoms with van der Waals surface area (Å²) >= 11 is 1.96. The fourth-order valence-electron chi connectivity index (χ4n) is 3.32. The van der Waals surface area contributed by atoms with Gasteiger partial charge in [0.05, 0.1) is 6.61 Å². The van der Waals surface area contributed by atoms with Gasteiger partial charge in [0, 0.05) is 48.0 Å². The molecular formula is C24H32N2O3S. The zero-order valence-corrected chi connectivity index (χ0v) is 18.9. The highest BCUT2D eigenvalue weighted by atomic mass is 32.2. The molecule has 0 bridgehead atoms. The molecule has 0 saturated carbocycles. The maximum absolute atomic E-state index is 11.8. The summed E-state index contributed by atoms with van der Waals surface area (Å²) in [5, 5.41) is 3.50. The molecule has 162 valence electrons. The molecule has 2 aromatic rings. The molecule has 0 spiro atoms. The Hall–Kier alpha value is -2.05. The Morgan fingerprint density at radius 1 is 1.20 bits per heavy atom. The van der Waals surface area contributed by atoms with Gasteiger partial charge in [-0.1, -0.05) is 32.0 Å². The standard InChI is InChI=1S/C24H32N2O3S/c1-17(2)12-24(27)29-18(3)20-6-7-21(25-14-20)10-11-28-23-8-4-19(5-9-23)13-22-15-30-16-26-22/h4-9,14,17-18,22,26H,10-13,15-16H2,1-3H3. The third-order valence-electron chi connectivity index (χ3n) is 5.03. The Kier molecular flexibility index (Phi) is 8.58. The zero-order valence-electron chi connectivity index (χ0n) is 18.1. The Bertz CT molecular complexity index is 787. The molecule has 1 N–H and O–H groups in total. The Balaban J connectivity index is 1.41. The minimum Gasteiger partial charge on any atom is -0.493 e. The molecule has 3 rings (SSSR count). The molecule has 2 unspecified atom stereocenters. The summed E-state index contributed by atoms with van der Waals surface area (Å²) in [7, 11) is 0. The monoisotopic (exact) mass is 428 g/mol. The van der Waals surface area contributed by atoms with Gasteiger partial charge in [-0.25, -0.2) is 0 Å². The van der Waals surface area contributed by atoms with Gasteiger partial charge in [0.2, 0.25) is 0 Å². The van der Waals surface area contributed by atoms with Crippen molar-refractivity contribution in [1.82, 2.24) is 10.3 Å². The molecule has 2 heterocycles. The van der Waals surface area contributed by atoms with Crippen LogP contribution in [-0.2, 0) is 22.4 Å². The molecule has 1 aromatic carbocycles. The Labute approximate surface area is 184 Å². The van der Waals surface area contributed by atoms with E-state index in [-0.39, 0.29) is 12.1 Å². The van der Waals surface area contributed by atoms with E-state index in [1.165, 1.54) is 11.3 Å². The Morgan fingerprint density at radius 3 is 2.63 bits per heavy atom. The third kappa shape index (κ3) is 7.33. The van der Waals surface area contributed by atoms with E-state index < -0.39 is 0 Å². The quantitative estimate of drug-likeness (QED) is 0.560. The predicted octanol–water partition coefficient (Wildman–Crippen LogP) is 4.56. The van der Waals surface area contributed by atoms with E-state index in [4.69, 9.17) is 9.47 Å². The molecule has 1 fully saturated rings. The second-order valence-electron chi connectivity index (χ2n) is 8.18. The minimum absolute atomic E-state index is 0.167. The predicted molar refractivity (Wildman–Crippen MR) is 122 cm³/mol. The van der Waals surface area contributed by atoms with Crippen LogP contribution in [0.4, 0.5) is 0 Å². The van der Waals surface area contributed by atoms with Crippen LogP contribution >= 0.6 is 11.8 Å². The Morgan fingerprint density at radius 2 is 2.00 bits per heavy atom. The average molecular weight is 429 g/mol. The van der Waals surface area contributed by atoms with Crippen molar-refractivity contribution in [1.29, 1.82) is 0 Å². The van der Waals surface area contributed by atoms with Gasteiger partial charge in [0.25, 0.3) is 0 Å². The lowest BCUT2D eigenvalue weighted by Gasteiger charge is -2.14. The normalized spacial score (nSPS) is 17.1. The van der Waals surface area contributed by atoms with Gasteiger partial charge in [0.15, 0.2) is 0 Å². The van der Waals surface area contributed by atoms with Crippen LogP contribution < -0.4 is 10.1 Å². The molecule has 30 heavy (non-hydrogen) atoms. The molecule has 6 heteroatoms. The molecule has 1 saturated heterocycles. The highest BCUT2D eigenvalue weighted by Gasteiger charge is 2.15. The number of carbonyl (C=O) groups is 1. The molecule has 5 nitrogen and oxygen atoms in total. The number of ether oxygens (including phenoxy) is 2. The minimum atomic E-state index is -0.286. The van der Waals surface area contributed by atoms with Crippen molar-refractivity contribution in [2.75, 3.05) is 18.2 Å². The summed E-state index contributed by atoms with van der Waals surface area (Å²) in [4.78, 5) is 16.3. The third-order valence-corrected chi connectivity index (χ3v) is 6.03. The van der Waals surface area contributed by atoms with Crippen molar-refractivity contribution in [3.63, 3.8) is 0 Å². The van der Waals surface area contributed by atoms with Gasteiger partial charge in [-0.15, -0.1) is 11.8 Å². The van der Waals surface area contributed by atoms with Gasteiger partial charge >= 0.3 is 5.97 Å². The van der Waals surface area contributed by atoms with Crippen molar-refractivity contribution in [3.05, 3.63) is 59.4 Å². The number of nitrogens with one attached hydrogen (secondary N) is 1. The first-order valence-corrected chi connectivity index (χ1v) is 11.8. The van der Waals surface area contributed by atoms with Crippen molar-refractivity contribution < 1.29 is 14.3 Å². The number of hydrogen-bond donors (Lipinski definition) is 1.